The molecule has 4 nitrogen and oxygen atoms in total. The number of anilines is 1. The molecule has 0 bridgehead atoms. The van der Waals surface area contributed by atoms with E-state index in [1.165, 1.54) is 18.5 Å². The molecule has 17 heavy (non-hydrogen) atoms. The Morgan fingerprint density at radius 2 is 2.06 bits per heavy atom. The second kappa shape index (κ2) is 4.61. The average Bonchev–Trinajstić information content (AvgIpc) is 2.15. The highest BCUT2D eigenvalue weighted by Crippen LogP contribution is 2.29. The topological polar surface area (TPSA) is 68.0 Å². The number of nitrogens with zero attached hydrogens (tertiary/aromatic N) is 1. The molecule has 0 aliphatic rings. The molecule has 94 valence electrons. The van der Waals surface area contributed by atoms with Crippen LogP contribution in [-0.4, -0.2) is 22.6 Å². The lowest BCUT2D eigenvalue weighted by atomic mass is 10.0. The number of hydrogen-bond acceptors (Lipinski definition) is 3. The molecule has 8 heteroatoms. The smallest absolute Gasteiger partial charge is 0.323 e. The monoisotopic (exact) mass is 311 g/mol. The number of carbonyl (C=O) groups excluding carboxylic acids is 1. The van der Waals surface area contributed by atoms with E-state index < -0.39 is 17.6 Å². The van der Waals surface area contributed by atoms with Gasteiger partial charge in [0.1, 0.15) is 0 Å². The van der Waals surface area contributed by atoms with Crippen LogP contribution in [0.5, 0.6) is 0 Å². The van der Waals surface area contributed by atoms with Gasteiger partial charge in [-0.25, -0.2) is 0 Å². The molecule has 0 saturated carbocycles. The molecular weight excluding hydrogens is 303 g/mol. The fourth-order valence-corrected chi connectivity index (χ4v) is 1.23. The summed E-state index contributed by atoms with van der Waals surface area (Å²) in [6.07, 6.45) is -2.17. The quantitative estimate of drug-likeness (QED) is 0.878. The zero-order chi connectivity index (χ0) is 13.3. The summed E-state index contributed by atoms with van der Waals surface area (Å²) in [5, 5.41) is 2.05. The maximum absolute atomic E-state index is 12.5. The molecule has 1 amide bonds. The van der Waals surface area contributed by atoms with Gasteiger partial charge in [-0.2, -0.15) is 13.2 Å². The summed E-state index contributed by atoms with van der Waals surface area (Å²) < 4.78 is 37.9. The summed E-state index contributed by atoms with van der Waals surface area (Å²) in [6, 6.07) is 1.41. The molecule has 0 spiro atoms. The molecule has 1 atom stereocenters. The standard InChI is InChI=1S/C9H9BrF3N3O/c1-8(14,9(11,12)13)7(17)16-6-2-5(10)3-15-4-6/h2-4H,14H2,1H3,(H,16,17). The van der Waals surface area contributed by atoms with Crippen molar-refractivity contribution >= 4 is 27.5 Å². The summed E-state index contributed by atoms with van der Waals surface area (Å²) in [7, 11) is 0. The third-order valence-electron chi connectivity index (χ3n) is 2.02. The van der Waals surface area contributed by atoms with Crippen molar-refractivity contribution in [1.29, 1.82) is 0 Å². The Morgan fingerprint density at radius 3 is 2.53 bits per heavy atom. The average molecular weight is 312 g/mol. The van der Waals surface area contributed by atoms with Crippen LogP contribution in [0.25, 0.3) is 0 Å². The van der Waals surface area contributed by atoms with Crippen molar-refractivity contribution in [3.8, 4) is 0 Å². The number of pyridine rings is 1. The van der Waals surface area contributed by atoms with Crippen molar-refractivity contribution in [2.24, 2.45) is 5.73 Å². The molecule has 0 radical (unpaired) electrons. The molecule has 0 aliphatic carbocycles. The largest absolute Gasteiger partial charge is 0.415 e. The van der Waals surface area contributed by atoms with Crippen LogP contribution < -0.4 is 11.1 Å². The third kappa shape index (κ3) is 3.16. The Labute approximate surface area is 104 Å². The predicted octanol–water partition coefficient (Wildman–Crippen LogP) is 2.06. The van der Waals surface area contributed by atoms with Crippen molar-refractivity contribution in [3.63, 3.8) is 0 Å². The van der Waals surface area contributed by atoms with Gasteiger partial charge in [0.05, 0.1) is 11.9 Å². The Bertz CT molecular complexity index is 434. The highest BCUT2D eigenvalue weighted by molar-refractivity contribution is 9.10. The van der Waals surface area contributed by atoms with E-state index >= 15 is 0 Å². The molecule has 0 aliphatic heterocycles. The van der Waals surface area contributed by atoms with Crippen LogP contribution in [-0.2, 0) is 4.79 Å². The lowest BCUT2D eigenvalue weighted by molar-refractivity contribution is -0.184. The molecule has 1 rings (SSSR count). The number of nitrogens with two attached hydrogens (primary N) is 1. The van der Waals surface area contributed by atoms with Crippen LogP contribution in [0.1, 0.15) is 6.92 Å². The van der Waals surface area contributed by atoms with Gasteiger partial charge in [0.25, 0.3) is 5.91 Å². The Morgan fingerprint density at radius 1 is 1.47 bits per heavy atom. The minimum atomic E-state index is -4.82. The maximum Gasteiger partial charge on any atom is 0.415 e. The molecule has 0 saturated heterocycles. The zero-order valence-corrected chi connectivity index (χ0v) is 10.3. The molecule has 1 heterocycles. The van der Waals surface area contributed by atoms with Gasteiger partial charge in [0.15, 0.2) is 5.54 Å². The van der Waals surface area contributed by atoms with E-state index in [0.29, 0.717) is 11.4 Å². The van der Waals surface area contributed by atoms with E-state index in [1.54, 1.807) is 0 Å². The van der Waals surface area contributed by atoms with Crippen molar-refractivity contribution in [2.45, 2.75) is 18.6 Å². The molecule has 0 fully saturated rings. The highest BCUT2D eigenvalue weighted by atomic mass is 79.9. The van der Waals surface area contributed by atoms with E-state index in [4.69, 9.17) is 5.73 Å². The fraction of sp³-hybridized carbons (Fsp3) is 0.333. The van der Waals surface area contributed by atoms with Gasteiger partial charge in [-0.05, 0) is 28.9 Å². The lowest BCUT2D eigenvalue weighted by Gasteiger charge is -2.26. The van der Waals surface area contributed by atoms with E-state index in [9.17, 15) is 18.0 Å². The Balaban J connectivity index is 2.87. The molecular formula is C9H9BrF3N3O. The molecule has 1 aromatic rings. The van der Waals surface area contributed by atoms with E-state index in [-0.39, 0.29) is 5.69 Å². The van der Waals surface area contributed by atoms with E-state index in [2.05, 4.69) is 26.2 Å². The normalized spacial score (nSPS) is 15.2. The Kier molecular flexibility index (Phi) is 3.78. The van der Waals surface area contributed by atoms with Gasteiger partial charge in [-0.1, -0.05) is 0 Å². The number of rotatable bonds is 2. The summed E-state index contributed by atoms with van der Waals surface area (Å²) in [5.74, 6) is -1.34. The van der Waals surface area contributed by atoms with Crippen molar-refractivity contribution in [1.82, 2.24) is 4.98 Å². The van der Waals surface area contributed by atoms with E-state index in [0.717, 1.165) is 0 Å². The zero-order valence-electron chi connectivity index (χ0n) is 8.68. The van der Waals surface area contributed by atoms with Gasteiger partial charge in [-0.15, -0.1) is 0 Å². The van der Waals surface area contributed by atoms with Crippen molar-refractivity contribution < 1.29 is 18.0 Å². The van der Waals surface area contributed by atoms with E-state index in [1.807, 2.05) is 0 Å². The summed E-state index contributed by atoms with van der Waals surface area (Å²) in [5.41, 5.74) is 2.13. The van der Waals surface area contributed by atoms with Gasteiger partial charge in [-0.3, -0.25) is 9.78 Å². The number of alkyl halides is 3. The van der Waals surface area contributed by atoms with Crippen LogP contribution >= 0.6 is 15.9 Å². The van der Waals surface area contributed by atoms with Gasteiger partial charge in [0.2, 0.25) is 0 Å². The number of carbonyl (C=O) groups is 1. The van der Waals surface area contributed by atoms with Crippen molar-refractivity contribution in [3.05, 3.63) is 22.9 Å². The minimum Gasteiger partial charge on any atom is -0.323 e. The predicted molar refractivity (Wildman–Crippen MR) is 59.2 cm³/mol. The molecule has 1 unspecified atom stereocenters. The third-order valence-corrected chi connectivity index (χ3v) is 2.46. The SMILES string of the molecule is CC(N)(C(=O)Nc1cncc(Br)c1)C(F)(F)F. The highest BCUT2D eigenvalue weighted by Gasteiger charge is 2.53. The lowest BCUT2D eigenvalue weighted by Crippen LogP contribution is -2.59. The summed E-state index contributed by atoms with van der Waals surface area (Å²) >= 11 is 3.07. The first-order valence-corrected chi connectivity index (χ1v) is 5.21. The number of amides is 1. The first-order chi connectivity index (χ1) is 7.64. The van der Waals surface area contributed by atoms with Crippen LogP contribution in [0.15, 0.2) is 22.9 Å². The molecule has 1 aromatic heterocycles. The number of aromatic nitrogens is 1. The molecule has 0 aromatic carbocycles. The van der Waals surface area contributed by atoms with Crippen LogP contribution in [0.4, 0.5) is 18.9 Å². The maximum atomic E-state index is 12.5. The summed E-state index contributed by atoms with van der Waals surface area (Å²) in [6.45, 7) is 0.605. The first kappa shape index (κ1) is 13.9. The van der Waals surface area contributed by atoms with Gasteiger partial charge < -0.3 is 11.1 Å². The van der Waals surface area contributed by atoms with Gasteiger partial charge >= 0.3 is 6.18 Å². The number of nitrogens with one attached hydrogen (secondary N) is 1. The van der Waals surface area contributed by atoms with Gasteiger partial charge in [0, 0.05) is 10.7 Å². The van der Waals surface area contributed by atoms with Crippen LogP contribution in [0.3, 0.4) is 0 Å². The fourth-order valence-electron chi connectivity index (χ4n) is 0.870. The molecule has 3 N–H and O–H groups in total. The Hall–Kier alpha value is -1.15. The first-order valence-electron chi connectivity index (χ1n) is 4.42. The number of hydrogen-bond donors (Lipinski definition) is 2. The number of halogens is 4. The van der Waals surface area contributed by atoms with Crippen molar-refractivity contribution in [2.75, 3.05) is 5.32 Å². The minimum absolute atomic E-state index is 0.130. The second-order valence-corrected chi connectivity index (χ2v) is 4.46. The second-order valence-electron chi connectivity index (χ2n) is 3.55. The summed E-state index contributed by atoms with van der Waals surface area (Å²) in [4.78, 5) is 15.1. The van der Waals surface area contributed by atoms with Crippen LogP contribution in [0, 0.1) is 0 Å². The van der Waals surface area contributed by atoms with Crippen LogP contribution in [0.2, 0.25) is 0 Å².